The molecule has 49 heavy (non-hydrogen) atoms. The van der Waals surface area contributed by atoms with Gasteiger partial charge >= 0.3 is 0 Å². The van der Waals surface area contributed by atoms with Crippen molar-refractivity contribution >= 4 is 56.1 Å². The van der Waals surface area contributed by atoms with Crippen LogP contribution < -0.4 is 34.0 Å². The molecular weight excluding hydrogens is 677 g/mol. The van der Waals surface area contributed by atoms with Gasteiger partial charge in [-0.2, -0.15) is 4.98 Å². The Labute approximate surface area is 291 Å². The summed E-state index contributed by atoms with van der Waals surface area (Å²) in [5.74, 6) is 0.855. The minimum absolute atomic E-state index is 0.0634. The van der Waals surface area contributed by atoms with Crippen molar-refractivity contribution in [1.82, 2.24) is 14.9 Å². The van der Waals surface area contributed by atoms with E-state index in [1.54, 1.807) is 7.11 Å². The Morgan fingerprint density at radius 2 is 1.67 bits per heavy atom. The van der Waals surface area contributed by atoms with Gasteiger partial charge in [0.1, 0.15) is 16.5 Å². The van der Waals surface area contributed by atoms with Crippen molar-refractivity contribution < 1.29 is 31.8 Å². The van der Waals surface area contributed by atoms with Gasteiger partial charge in [0.2, 0.25) is 16.0 Å². The summed E-state index contributed by atoms with van der Waals surface area (Å²) in [4.78, 5) is 13.8. The van der Waals surface area contributed by atoms with E-state index in [-0.39, 0.29) is 40.5 Å². The Kier molecular flexibility index (Phi) is 11.0. The Morgan fingerprint density at radius 3 is 2.37 bits per heavy atom. The Balaban J connectivity index is 1.32. The van der Waals surface area contributed by atoms with Gasteiger partial charge in [-0.15, -0.1) is 0 Å². The lowest BCUT2D eigenvalue weighted by Gasteiger charge is -2.41. The van der Waals surface area contributed by atoms with Crippen molar-refractivity contribution in [2.45, 2.75) is 38.1 Å². The zero-order valence-electron chi connectivity index (χ0n) is 28.0. The number of ether oxygens (including phenoxy) is 4. The molecule has 1 aromatic heterocycles. The van der Waals surface area contributed by atoms with Crippen LogP contribution in [0.3, 0.4) is 0 Å². The summed E-state index contributed by atoms with van der Waals surface area (Å²) in [5, 5.41) is 6.36. The molecule has 5 heterocycles. The number of halogens is 2. The van der Waals surface area contributed by atoms with Gasteiger partial charge in [0, 0.05) is 63.5 Å². The van der Waals surface area contributed by atoms with E-state index in [4.69, 9.17) is 30.5 Å². The molecule has 2 aromatic carbocycles. The average Bonchev–Trinajstić information content (AvgIpc) is 3.09. The molecular formula is C33H43ClFN7O6S. The summed E-state index contributed by atoms with van der Waals surface area (Å²) in [6.07, 6.45) is 6.70. The van der Waals surface area contributed by atoms with Crippen LogP contribution in [0.1, 0.15) is 32.1 Å². The Hall–Kier alpha value is -3.79. The second-order valence-electron chi connectivity index (χ2n) is 12.3. The first-order valence-electron chi connectivity index (χ1n) is 16.5. The number of nitrogens with zero attached hydrogens (tertiary/aromatic N) is 5. The van der Waals surface area contributed by atoms with Gasteiger partial charge in [-0.3, -0.25) is 9.21 Å². The van der Waals surface area contributed by atoms with Gasteiger partial charge in [0.15, 0.2) is 17.4 Å². The van der Waals surface area contributed by atoms with Crippen LogP contribution in [0.15, 0.2) is 30.5 Å². The van der Waals surface area contributed by atoms with E-state index in [1.165, 1.54) is 19.3 Å². The second kappa shape index (κ2) is 15.4. The average molecular weight is 720 g/mol. The predicted molar refractivity (Wildman–Crippen MR) is 189 cm³/mol. The van der Waals surface area contributed by atoms with Crippen molar-refractivity contribution in [3.8, 4) is 17.2 Å². The van der Waals surface area contributed by atoms with Gasteiger partial charge in [-0.1, -0.05) is 11.6 Å². The molecule has 4 aliphatic rings. The van der Waals surface area contributed by atoms with Crippen molar-refractivity contribution in [2.75, 3.05) is 92.9 Å². The van der Waals surface area contributed by atoms with Crippen LogP contribution in [0.25, 0.3) is 0 Å². The maximum absolute atomic E-state index is 15.3. The number of nitrogens with one attached hydrogen (secondary N) is 2. The third-order valence-electron chi connectivity index (χ3n) is 9.08. The molecule has 0 aliphatic carbocycles. The quantitative estimate of drug-likeness (QED) is 0.350. The van der Waals surface area contributed by atoms with E-state index in [1.807, 2.05) is 12.1 Å². The fourth-order valence-electron chi connectivity index (χ4n) is 6.29. The number of morpholine rings is 1. The maximum atomic E-state index is 15.3. The smallest absolute Gasteiger partial charge is 0.232 e. The highest BCUT2D eigenvalue weighted by atomic mass is 35.5. The summed E-state index contributed by atoms with van der Waals surface area (Å²) in [6.45, 7) is 5.99. The third kappa shape index (κ3) is 8.34. The SMILES string of the molecule is COc1cc(N2CCC(N3CCOCC3)CC2)c2cc1Nc1ncc(Cl)c(n1)Nc1cc(F)c(cc1N(C)S(C)(=O)=O)OCCCCCO2. The maximum Gasteiger partial charge on any atom is 0.232 e. The summed E-state index contributed by atoms with van der Waals surface area (Å²) >= 11 is 6.48. The molecule has 0 atom stereocenters. The number of piperidine rings is 1. The molecule has 3 aromatic rings. The normalized spacial score (nSPS) is 18.2. The number of anilines is 6. The van der Waals surface area contributed by atoms with Crippen LogP contribution in [0.4, 0.5) is 38.9 Å². The fraction of sp³-hybridized carbons (Fsp3) is 0.515. The van der Waals surface area contributed by atoms with Crippen LogP contribution in [0.2, 0.25) is 5.02 Å². The summed E-state index contributed by atoms with van der Waals surface area (Å²) in [5.41, 5.74) is 1.82. The number of hydrogen-bond acceptors (Lipinski definition) is 12. The minimum atomic E-state index is -3.71. The summed E-state index contributed by atoms with van der Waals surface area (Å²) in [6, 6.07) is 6.93. The minimum Gasteiger partial charge on any atom is -0.494 e. The van der Waals surface area contributed by atoms with Crippen LogP contribution in [0.5, 0.6) is 17.2 Å². The molecule has 0 radical (unpaired) electrons. The predicted octanol–water partition coefficient (Wildman–Crippen LogP) is 5.40. The summed E-state index contributed by atoms with van der Waals surface area (Å²) in [7, 11) is -0.734. The molecule has 13 nitrogen and oxygen atoms in total. The molecule has 2 N–H and O–H groups in total. The first kappa shape index (κ1) is 35.1. The highest BCUT2D eigenvalue weighted by Gasteiger charge is 2.28. The van der Waals surface area contributed by atoms with E-state index in [2.05, 4.69) is 30.4 Å². The van der Waals surface area contributed by atoms with Crippen LogP contribution in [-0.4, -0.2) is 102 Å². The topological polar surface area (TPSA) is 131 Å². The van der Waals surface area contributed by atoms with Crippen molar-refractivity contribution in [3.63, 3.8) is 0 Å². The number of rotatable bonds is 5. The highest BCUT2D eigenvalue weighted by Crippen LogP contribution is 2.42. The van der Waals surface area contributed by atoms with Gasteiger partial charge < -0.3 is 34.5 Å². The monoisotopic (exact) mass is 719 g/mol. The molecule has 2 saturated heterocycles. The molecule has 4 aliphatic heterocycles. The molecule has 6 bridgehead atoms. The molecule has 2 fully saturated rings. The second-order valence-corrected chi connectivity index (χ2v) is 14.7. The molecule has 0 spiro atoms. The van der Waals surface area contributed by atoms with Crippen LogP contribution in [-0.2, 0) is 14.8 Å². The third-order valence-corrected chi connectivity index (χ3v) is 10.6. The van der Waals surface area contributed by atoms with Gasteiger partial charge in [-0.25, -0.2) is 17.8 Å². The van der Waals surface area contributed by atoms with Crippen molar-refractivity contribution in [1.29, 1.82) is 0 Å². The van der Waals surface area contributed by atoms with Crippen LogP contribution >= 0.6 is 11.6 Å². The van der Waals surface area contributed by atoms with E-state index < -0.39 is 15.8 Å². The zero-order chi connectivity index (χ0) is 34.5. The zero-order valence-corrected chi connectivity index (χ0v) is 29.6. The molecule has 7 rings (SSSR count). The van der Waals surface area contributed by atoms with Gasteiger partial charge in [0.05, 0.1) is 68.7 Å². The van der Waals surface area contributed by atoms with E-state index in [0.717, 1.165) is 87.4 Å². The first-order valence-corrected chi connectivity index (χ1v) is 18.7. The van der Waals surface area contributed by atoms with E-state index in [9.17, 15) is 8.42 Å². The first-order chi connectivity index (χ1) is 23.6. The number of benzene rings is 2. The standard InChI is InChI=1S/C33H43ClFN7O6S/c1-40(49(3,43)44)27-19-29-24(35)17-25(27)37-32-23(34)21-36-33(39-32)38-26-18-31(48-14-6-4-5-13-47-29)28(20-30(26)45-2)42-9-7-22(8-10-42)41-11-15-46-16-12-41/h17-22H,4-16H2,1-3H3,(H2,36,37,38,39). The molecule has 16 heteroatoms. The Bertz CT molecular complexity index is 1740. The molecule has 266 valence electrons. The Morgan fingerprint density at radius 1 is 0.959 bits per heavy atom. The number of fused-ring (bicyclic) bond motifs is 8. The van der Waals surface area contributed by atoms with E-state index >= 15 is 4.39 Å². The molecule has 0 unspecified atom stereocenters. The summed E-state index contributed by atoms with van der Waals surface area (Å²) < 4.78 is 65.0. The highest BCUT2D eigenvalue weighted by molar-refractivity contribution is 7.92. The lowest BCUT2D eigenvalue weighted by atomic mass is 10.0. The molecule has 0 amide bonds. The number of methoxy groups -OCH3 is 1. The van der Waals surface area contributed by atoms with Crippen molar-refractivity contribution in [2.24, 2.45) is 0 Å². The van der Waals surface area contributed by atoms with Gasteiger partial charge in [0.25, 0.3) is 0 Å². The number of aromatic nitrogens is 2. The lowest BCUT2D eigenvalue weighted by Crippen LogP contribution is -2.49. The number of sulfonamides is 1. The molecule has 0 saturated carbocycles. The fourth-order valence-corrected chi connectivity index (χ4v) is 6.94. The largest absolute Gasteiger partial charge is 0.494 e. The van der Waals surface area contributed by atoms with Crippen LogP contribution in [0, 0.1) is 5.82 Å². The van der Waals surface area contributed by atoms with E-state index in [0.29, 0.717) is 36.3 Å². The van der Waals surface area contributed by atoms with Crippen molar-refractivity contribution in [3.05, 3.63) is 41.3 Å². The number of hydrogen-bond donors (Lipinski definition) is 2. The van der Waals surface area contributed by atoms with Gasteiger partial charge in [-0.05, 0) is 32.1 Å². The lowest BCUT2D eigenvalue weighted by molar-refractivity contribution is 0.0115.